The summed E-state index contributed by atoms with van der Waals surface area (Å²) in [5.74, 6) is -2.16. The van der Waals surface area contributed by atoms with Crippen LogP contribution in [-0.4, -0.2) is 131 Å². The van der Waals surface area contributed by atoms with Crippen LogP contribution in [-0.2, 0) is 59.8 Å². The van der Waals surface area contributed by atoms with Gasteiger partial charge in [-0.25, -0.2) is 14.0 Å². The molecule has 2 aromatic carbocycles. The van der Waals surface area contributed by atoms with Gasteiger partial charge in [0.2, 0.25) is 0 Å². The Kier molecular flexibility index (Phi) is 27.3. The van der Waals surface area contributed by atoms with Gasteiger partial charge in [0.1, 0.15) is 53.7 Å². The number of nitro groups is 2. The van der Waals surface area contributed by atoms with Crippen molar-refractivity contribution in [1.29, 1.82) is 0 Å². The van der Waals surface area contributed by atoms with Gasteiger partial charge in [-0.15, -0.1) is 0 Å². The molecule has 18 nitrogen and oxygen atoms in total. The van der Waals surface area contributed by atoms with Crippen LogP contribution in [0.4, 0.5) is 42.1 Å². The topological polar surface area (TPSA) is 224 Å². The van der Waals surface area contributed by atoms with E-state index in [4.69, 9.17) is 47.7 Å². The number of nitrogens with zero attached hydrogens (tertiary/aromatic N) is 2. The lowest BCUT2D eigenvalue weighted by atomic mass is 10.1. The second kappa shape index (κ2) is 29.6. The van der Waals surface area contributed by atoms with Crippen LogP contribution in [0, 0.1) is 26.0 Å². The minimum atomic E-state index is -4.93. The Balaban J connectivity index is 0.00000101. The van der Waals surface area contributed by atoms with Gasteiger partial charge in [0.15, 0.2) is 0 Å². The van der Waals surface area contributed by atoms with E-state index in [0.717, 1.165) is 12.1 Å². The van der Waals surface area contributed by atoms with Gasteiger partial charge in [-0.05, 0) is 65.8 Å². The Bertz CT molecular complexity index is 1670. The number of carbonyl (C=O) groups is 2. The standard InChI is InChI=1S/C19H26F3NO8.C12H24O6.C7H3F4NO2/c1-18(2,3)31-17(24)13-29-9-8-27-6-7-28-10-11-30-14-4-5-16(23(25)26)15(12-14)19(20,21)22;1-12(2,3)18-11(14)10-17-9-8-16-7-6-15-5-4-13;8-4-1-2-6(12(13)14)5(3-4)7(9,10)11/h4-5,12H,6-11,13H2,1-3H3;13H,4-10H2,1-3H3;1-3H. The molecule has 0 saturated carbocycles. The van der Waals surface area contributed by atoms with E-state index in [1.165, 1.54) is 0 Å². The molecule has 0 bridgehead atoms. The molecule has 0 fully saturated rings. The second-order valence-corrected chi connectivity index (χ2v) is 14.1. The van der Waals surface area contributed by atoms with Crippen LogP contribution in [0.15, 0.2) is 36.4 Å². The van der Waals surface area contributed by atoms with Crippen LogP contribution in [0.2, 0.25) is 0 Å². The first kappa shape index (κ1) is 58.2. The van der Waals surface area contributed by atoms with Crippen LogP contribution < -0.4 is 4.74 Å². The molecule has 0 aliphatic carbocycles. The lowest BCUT2D eigenvalue weighted by Crippen LogP contribution is -2.27. The van der Waals surface area contributed by atoms with Gasteiger partial charge in [-0.2, -0.15) is 26.3 Å². The summed E-state index contributed by atoms with van der Waals surface area (Å²) in [5, 5.41) is 29.3. The molecule has 0 radical (unpaired) electrons. The SMILES string of the molecule is CC(C)(C)OC(=O)COCCOCCOCCO.CC(C)(C)OC(=O)COCCOCCOCCOc1ccc([N+](=O)[O-])c(C(F)(F)F)c1.O=[N+]([O-])c1ccc(F)cc1C(F)(F)F. The minimum Gasteiger partial charge on any atom is -0.491 e. The van der Waals surface area contributed by atoms with Crippen molar-refractivity contribution < 1.29 is 97.9 Å². The van der Waals surface area contributed by atoms with Crippen LogP contribution in [0.25, 0.3) is 0 Å². The van der Waals surface area contributed by atoms with Gasteiger partial charge in [-0.1, -0.05) is 0 Å². The van der Waals surface area contributed by atoms with Gasteiger partial charge in [0.05, 0.1) is 82.5 Å². The predicted octanol–water partition coefficient (Wildman–Crippen LogP) is 6.51. The Morgan fingerprint density at radius 3 is 1.27 bits per heavy atom. The first-order valence-corrected chi connectivity index (χ1v) is 18.7. The van der Waals surface area contributed by atoms with Crippen molar-refractivity contribution in [1.82, 2.24) is 0 Å². The summed E-state index contributed by atoms with van der Waals surface area (Å²) in [5.41, 5.74) is -6.21. The normalized spacial score (nSPS) is 11.7. The van der Waals surface area contributed by atoms with Crippen LogP contribution in [0.5, 0.6) is 5.75 Å². The Morgan fingerprint density at radius 1 is 0.556 bits per heavy atom. The van der Waals surface area contributed by atoms with Gasteiger partial charge in [-0.3, -0.25) is 20.2 Å². The molecule has 0 heterocycles. The maximum absolute atomic E-state index is 12.9. The zero-order chi connectivity index (χ0) is 48.3. The molecule has 25 heteroatoms. The van der Waals surface area contributed by atoms with E-state index in [0.29, 0.717) is 51.2 Å². The van der Waals surface area contributed by atoms with Crippen molar-refractivity contribution in [2.75, 3.05) is 92.5 Å². The number of rotatable bonds is 24. The average molecular weight is 927 g/mol. The summed E-state index contributed by atoms with van der Waals surface area (Å²) >= 11 is 0. The monoisotopic (exact) mass is 926 g/mol. The molecule has 0 amide bonds. The molecular formula is C38H53F7N2O16. The highest BCUT2D eigenvalue weighted by molar-refractivity contribution is 5.71. The first-order chi connectivity index (χ1) is 29.2. The van der Waals surface area contributed by atoms with Gasteiger partial charge >= 0.3 is 24.3 Å². The molecule has 0 aliphatic rings. The van der Waals surface area contributed by atoms with Crippen molar-refractivity contribution in [3.63, 3.8) is 0 Å². The van der Waals surface area contributed by atoms with Crippen molar-refractivity contribution in [3.8, 4) is 5.75 Å². The summed E-state index contributed by atoms with van der Waals surface area (Å²) in [7, 11) is 0. The molecule has 0 atom stereocenters. The molecule has 0 unspecified atom stereocenters. The molecule has 360 valence electrons. The van der Waals surface area contributed by atoms with Gasteiger partial charge < -0.3 is 47.7 Å². The van der Waals surface area contributed by atoms with Crippen LogP contribution in [0.1, 0.15) is 52.7 Å². The molecule has 63 heavy (non-hydrogen) atoms. The number of alkyl halides is 6. The maximum atomic E-state index is 12.9. The summed E-state index contributed by atoms with van der Waals surface area (Å²) in [4.78, 5) is 41.2. The van der Waals surface area contributed by atoms with E-state index in [9.17, 15) is 60.6 Å². The third kappa shape index (κ3) is 30.0. The Hall–Kier alpha value is -4.79. The molecule has 0 spiro atoms. The molecule has 2 rings (SSSR count). The number of halogens is 7. The summed E-state index contributed by atoms with van der Waals surface area (Å²) < 4.78 is 134. The van der Waals surface area contributed by atoms with E-state index in [-0.39, 0.29) is 77.2 Å². The number of ether oxygens (including phenoxy) is 9. The van der Waals surface area contributed by atoms with E-state index in [1.54, 1.807) is 41.5 Å². The lowest BCUT2D eigenvalue weighted by molar-refractivity contribution is -0.388. The fourth-order valence-electron chi connectivity index (χ4n) is 4.10. The highest BCUT2D eigenvalue weighted by Gasteiger charge is 2.39. The predicted molar refractivity (Wildman–Crippen MR) is 205 cm³/mol. The molecule has 1 N–H and O–H groups in total. The summed E-state index contributed by atoms with van der Waals surface area (Å²) in [6.45, 7) is 13.3. The molecular weight excluding hydrogens is 873 g/mol. The van der Waals surface area contributed by atoms with Crippen LogP contribution >= 0.6 is 0 Å². The van der Waals surface area contributed by atoms with E-state index in [1.807, 2.05) is 0 Å². The number of aliphatic hydroxyl groups is 1. The fourth-order valence-corrected chi connectivity index (χ4v) is 4.10. The molecule has 0 aromatic heterocycles. The maximum Gasteiger partial charge on any atom is 0.423 e. The number of nitro benzene ring substituents is 2. The zero-order valence-electron chi connectivity index (χ0n) is 35.5. The highest BCUT2D eigenvalue weighted by atomic mass is 19.4. The lowest BCUT2D eigenvalue weighted by Gasteiger charge is -2.19. The quantitative estimate of drug-likeness (QED) is 0.0390. The number of esters is 2. The number of carbonyl (C=O) groups excluding carboxylic acids is 2. The largest absolute Gasteiger partial charge is 0.491 e. The van der Waals surface area contributed by atoms with E-state index in [2.05, 4.69) is 0 Å². The Morgan fingerprint density at radius 2 is 0.905 bits per heavy atom. The number of benzene rings is 2. The van der Waals surface area contributed by atoms with E-state index < -0.39 is 67.7 Å². The average Bonchev–Trinajstić information content (AvgIpc) is 3.14. The van der Waals surface area contributed by atoms with Gasteiger partial charge in [0, 0.05) is 12.1 Å². The second-order valence-electron chi connectivity index (χ2n) is 14.1. The van der Waals surface area contributed by atoms with Crippen molar-refractivity contribution in [2.45, 2.75) is 65.1 Å². The molecule has 2 aromatic rings. The van der Waals surface area contributed by atoms with Crippen LogP contribution in [0.3, 0.4) is 0 Å². The summed E-state index contributed by atoms with van der Waals surface area (Å²) in [6.07, 6.45) is -9.79. The third-order valence-electron chi connectivity index (χ3n) is 6.43. The highest BCUT2D eigenvalue weighted by Crippen LogP contribution is 2.38. The first-order valence-electron chi connectivity index (χ1n) is 18.7. The zero-order valence-corrected chi connectivity index (χ0v) is 35.5. The smallest absolute Gasteiger partial charge is 0.423 e. The Labute approximate surface area is 358 Å². The summed E-state index contributed by atoms with van der Waals surface area (Å²) in [6, 6.07) is 3.60. The van der Waals surface area contributed by atoms with Crippen molar-refractivity contribution >= 4 is 23.3 Å². The number of aliphatic hydroxyl groups excluding tert-OH is 1. The van der Waals surface area contributed by atoms with Gasteiger partial charge in [0.25, 0.3) is 11.4 Å². The van der Waals surface area contributed by atoms with Crippen molar-refractivity contribution in [2.24, 2.45) is 0 Å². The molecule has 0 aliphatic heterocycles. The number of hydrogen-bond donors (Lipinski definition) is 1. The fraction of sp³-hybridized carbons (Fsp3) is 0.632. The van der Waals surface area contributed by atoms with Crippen molar-refractivity contribution in [3.05, 3.63) is 73.6 Å². The van der Waals surface area contributed by atoms with E-state index >= 15 is 0 Å². The molecule has 0 saturated heterocycles. The number of hydrogen-bond acceptors (Lipinski definition) is 16. The minimum absolute atomic E-state index is 0.0129. The third-order valence-corrected chi connectivity index (χ3v) is 6.43.